The van der Waals surface area contributed by atoms with E-state index in [9.17, 15) is 0 Å². The lowest BCUT2D eigenvalue weighted by Crippen LogP contribution is -2.18. The smallest absolute Gasteiger partial charge is 0.231 e. The monoisotopic (exact) mass is 275 g/mol. The van der Waals surface area contributed by atoms with Gasteiger partial charge in [-0.2, -0.15) is 4.98 Å². The average Bonchev–Trinajstić information content (AvgIpc) is 2.89. The second kappa shape index (κ2) is 6.63. The van der Waals surface area contributed by atoms with Gasteiger partial charge in [0, 0.05) is 6.61 Å². The quantitative estimate of drug-likeness (QED) is 0.875. The van der Waals surface area contributed by atoms with Crippen LogP contribution in [0, 0.1) is 13.8 Å². The number of nitrogens with two attached hydrogens (primary N) is 1. The minimum atomic E-state index is -0.341. The maximum Gasteiger partial charge on any atom is 0.231 e. The van der Waals surface area contributed by atoms with Crippen LogP contribution in [-0.2, 0) is 11.2 Å². The molecule has 20 heavy (non-hydrogen) atoms. The maximum absolute atomic E-state index is 5.92. The van der Waals surface area contributed by atoms with Crippen LogP contribution < -0.4 is 5.73 Å². The van der Waals surface area contributed by atoms with Crippen LogP contribution in [0.25, 0.3) is 0 Å². The number of benzene rings is 1. The molecule has 0 aliphatic carbocycles. The highest BCUT2D eigenvalue weighted by atomic mass is 16.5. The molecule has 0 fully saturated rings. The first kappa shape index (κ1) is 14.7. The first-order valence-electron chi connectivity index (χ1n) is 6.82. The van der Waals surface area contributed by atoms with Gasteiger partial charge in [-0.15, -0.1) is 0 Å². The molecule has 0 aliphatic heterocycles. The van der Waals surface area contributed by atoms with Crippen molar-refractivity contribution in [2.75, 3.05) is 13.2 Å². The highest BCUT2D eigenvalue weighted by Gasteiger charge is 2.14. The molecular weight excluding hydrogens is 254 g/mol. The third kappa shape index (κ3) is 3.65. The number of nitrogens with zero attached hydrogens (tertiary/aromatic N) is 2. The molecule has 2 N–H and O–H groups in total. The van der Waals surface area contributed by atoms with E-state index in [1.54, 1.807) is 0 Å². The van der Waals surface area contributed by atoms with Crippen molar-refractivity contribution in [3.05, 3.63) is 46.6 Å². The molecule has 0 bridgehead atoms. The van der Waals surface area contributed by atoms with Crippen molar-refractivity contribution in [1.29, 1.82) is 0 Å². The standard InChI is InChI=1S/C15H21N3O2/c1-4-19-9-13(16)15-17-14(20-18-15)8-12-6-5-10(2)11(3)7-12/h5-7,13H,4,8-9,16H2,1-3H3. The number of aromatic nitrogens is 2. The molecule has 0 radical (unpaired) electrons. The van der Waals surface area contributed by atoms with Crippen LogP contribution in [-0.4, -0.2) is 23.4 Å². The molecule has 1 atom stereocenters. The van der Waals surface area contributed by atoms with E-state index < -0.39 is 0 Å². The van der Waals surface area contributed by atoms with Crippen LogP contribution in [0.4, 0.5) is 0 Å². The topological polar surface area (TPSA) is 74.2 Å². The van der Waals surface area contributed by atoms with E-state index >= 15 is 0 Å². The number of hydrogen-bond acceptors (Lipinski definition) is 5. The lowest BCUT2D eigenvalue weighted by atomic mass is 10.0. The van der Waals surface area contributed by atoms with Crippen molar-refractivity contribution in [3.63, 3.8) is 0 Å². The fourth-order valence-electron chi connectivity index (χ4n) is 1.90. The Morgan fingerprint density at radius 3 is 2.80 bits per heavy atom. The summed E-state index contributed by atoms with van der Waals surface area (Å²) >= 11 is 0. The van der Waals surface area contributed by atoms with E-state index in [2.05, 4.69) is 42.2 Å². The van der Waals surface area contributed by atoms with E-state index in [-0.39, 0.29) is 6.04 Å². The number of aryl methyl sites for hydroxylation is 2. The third-order valence-electron chi connectivity index (χ3n) is 3.24. The Hall–Kier alpha value is -1.72. The Bertz CT molecular complexity index is 566. The van der Waals surface area contributed by atoms with Crippen molar-refractivity contribution in [2.45, 2.75) is 33.2 Å². The largest absolute Gasteiger partial charge is 0.380 e. The maximum atomic E-state index is 5.92. The summed E-state index contributed by atoms with van der Waals surface area (Å²) in [6.07, 6.45) is 0.621. The number of ether oxygens (including phenoxy) is 1. The van der Waals surface area contributed by atoms with Crippen LogP contribution in [0.5, 0.6) is 0 Å². The van der Waals surface area contributed by atoms with Crippen molar-refractivity contribution in [2.24, 2.45) is 5.73 Å². The lowest BCUT2D eigenvalue weighted by Gasteiger charge is -2.05. The molecule has 1 heterocycles. The summed E-state index contributed by atoms with van der Waals surface area (Å²) in [5, 5.41) is 3.91. The first-order valence-corrected chi connectivity index (χ1v) is 6.82. The van der Waals surface area contributed by atoms with Gasteiger partial charge < -0.3 is 15.0 Å². The zero-order chi connectivity index (χ0) is 14.5. The van der Waals surface area contributed by atoms with Gasteiger partial charge in [-0.1, -0.05) is 23.4 Å². The Balaban J connectivity index is 2.03. The molecule has 1 aromatic heterocycles. The number of hydrogen-bond donors (Lipinski definition) is 1. The van der Waals surface area contributed by atoms with E-state index in [0.717, 1.165) is 5.56 Å². The minimum absolute atomic E-state index is 0.341. The van der Waals surface area contributed by atoms with Crippen LogP contribution in [0.1, 0.15) is 41.4 Å². The normalized spacial score (nSPS) is 12.6. The van der Waals surface area contributed by atoms with Crippen molar-refractivity contribution >= 4 is 0 Å². The molecular formula is C15H21N3O2. The van der Waals surface area contributed by atoms with Gasteiger partial charge in [0.15, 0.2) is 5.82 Å². The van der Waals surface area contributed by atoms with Gasteiger partial charge >= 0.3 is 0 Å². The lowest BCUT2D eigenvalue weighted by molar-refractivity contribution is 0.130. The molecule has 5 nitrogen and oxygen atoms in total. The van der Waals surface area contributed by atoms with E-state index in [1.165, 1.54) is 11.1 Å². The molecule has 5 heteroatoms. The highest BCUT2D eigenvalue weighted by molar-refractivity contribution is 5.31. The summed E-state index contributed by atoms with van der Waals surface area (Å²) in [7, 11) is 0. The Kier molecular flexibility index (Phi) is 4.87. The Morgan fingerprint density at radius 2 is 2.10 bits per heavy atom. The first-order chi connectivity index (χ1) is 9.60. The van der Waals surface area contributed by atoms with Crippen LogP contribution in [0.2, 0.25) is 0 Å². The molecule has 1 unspecified atom stereocenters. The van der Waals surface area contributed by atoms with Gasteiger partial charge in [0.25, 0.3) is 0 Å². The third-order valence-corrected chi connectivity index (χ3v) is 3.24. The second-order valence-corrected chi connectivity index (χ2v) is 4.91. The molecule has 0 spiro atoms. The zero-order valence-corrected chi connectivity index (χ0v) is 12.2. The van der Waals surface area contributed by atoms with Gasteiger partial charge in [0.05, 0.1) is 19.1 Å². The van der Waals surface area contributed by atoms with Gasteiger partial charge in [-0.3, -0.25) is 0 Å². The molecule has 108 valence electrons. The summed E-state index contributed by atoms with van der Waals surface area (Å²) in [6.45, 7) is 7.14. The Morgan fingerprint density at radius 1 is 1.30 bits per heavy atom. The van der Waals surface area contributed by atoms with E-state index in [4.69, 9.17) is 15.0 Å². The molecule has 2 rings (SSSR count). The molecule has 0 aliphatic rings. The average molecular weight is 275 g/mol. The second-order valence-electron chi connectivity index (χ2n) is 4.91. The molecule has 0 saturated carbocycles. The van der Waals surface area contributed by atoms with E-state index in [0.29, 0.717) is 31.3 Å². The van der Waals surface area contributed by atoms with Gasteiger partial charge in [-0.25, -0.2) is 0 Å². The van der Waals surface area contributed by atoms with Crippen LogP contribution in [0.3, 0.4) is 0 Å². The molecule has 0 amide bonds. The zero-order valence-electron chi connectivity index (χ0n) is 12.2. The molecule has 2 aromatic rings. The molecule has 0 saturated heterocycles. The van der Waals surface area contributed by atoms with Gasteiger partial charge in [0.2, 0.25) is 5.89 Å². The summed E-state index contributed by atoms with van der Waals surface area (Å²) in [6, 6.07) is 5.97. The Labute approximate surface area is 119 Å². The molecule has 1 aromatic carbocycles. The van der Waals surface area contributed by atoms with Gasteiger partial charge in [0.1, 0.15) is 0 Å². The van der Waals surface area contributed by atoms with Crippen molar-refractivity contribution in [3.8, 4) is 0 Å². The van der Waals surface area contributed by atoms with E-state index in [1.807, 2.05) is 6.92 Å². The van der Waals surface area contributed by atoms with Gasteiger partial charge in [-0.05, 0) is 37.5 Å². The minimum Gasteiger partial charge on any atom is -0.380 e. The van der Waals surface area contributed by atoms with Crippen molar-refractivity contribution < 1.29 is 9.26 Å². The number of rotatable bonds is 6. The fraction of sp³-hybridized carbons (Fsp3) is 0.467. The predicted molar refractivity (Wildman–Crippen MR) is 76.4 cm³/mol. The predicted octanol–water partition coefficient (Wildman–Crippen LogP) is 2.31. The summed E-state index contributed by atoms with van der Waals surface area (Å²) < 4.78 is 10.5. The SMILES string of the molecule is CCOCC(N)c1noc(Cc2ccc(C)c(C)c2)n1. The fourth-order valence-corrected chi connectivity index (χ4v) is 1.90. The summed E-state index contributed by atoms with van der Waals surface area (Å²) in [5.41, 5.74) is 9.61. The van der Waals surface area contributed by atoms with Crippen LogP contribution >= 0.6 is 0 Å². The summed E-state index contributed by atoms with van der Waals surface area (Å²) in [4.78, 5) is 4.33. The van der Waals surface area contributed by atoms with Crippen LogP contribution in [0.15, 0.2) is 22.7 Å². The highest BCUT2D eigenvalue weighted by Crippen LogP contribution is 2.14. The van der Waals surface area contributed by atoms with Crippen molar-refractivity contribution in [1.82, 2.24) is 10.1 Å². The summed E-state index contributed by atoms with van der Waals surface area (Å²) in [5.74, 6) is 1.08.